The molecule has 3 N–H and O–H groups in total. The van der Waals surface area contributed by atoms with Crippen molar-refractivity contribution in [3.05, 3.63) is 47.5 Å². The van der Waals surface area contributed by atoms with Gasteiger partial charge in [0.1, 0.15) is 6.54 Å². The van der Waals surface area contributed by atoms with E-state index in [1.54, 1.807) is 0 Å². The molecule has 2 heterocycles. The standard InChI is InChI=1S/C19H25N7O3S2/c1-4-9-25-17(11-26-14(3)10-13(2)24-26)22-23-19(25)30-12-18(27)21-15-5-7-16(8-6-15)31(20,28)29/h5-8,10H,4,9,11-12H2,1-3H3,(H,21,27)(H2,20,28,29). The second kappa shape index (κ2) is 9.62. The van der Waals surface area contributed by atoms with Crippen molar-refractivity contribution in [1.82, 2.24) is 24.5 Å². The summed E-state index contributed by atoms with van der Waals surface area (Å²) >= 11 is 1.29. The number of hydrogen-bond donors (Lipinski definition) is 2. The lowest BCUT2D eigenvalue weighted by molar-refractivity contribution is -0.113. The molecule has 0 saturated heterocycles. The second-order valence-corrected chi connectivity index (χ2v) is 9.55. The number of hydrogen-bond acceptors (Lipinski definition) is 7. The molecule has 12 heteroatoms. The van der Waals surface area contributed by atoms with Gasteiger partial charge in [0.25, 0.3) is 0 Å². The van der Waals surface area contributed by atoms with Gasteiger partial charge in [-0.15, -0.1) is 10.2 Å². The number of aryl methyl sites for hydroxylation is 2. The number of primary sulfonamides is 1. The number of aromatic nitrogens is 5. The lowest BCUT2D eigenvalue weighted by Gasteiger charge is -2.10. The molecule has 2 aromatic heterocycles. The quantitative estimate of drug-likeness (QED) is 0.462. The number of anilines is 1. The van der Waals surface area contributed by atoms with Crippen LogP contribution >= 0.6 is 11.8 Å². The predicted octanol–water partition coefficient (Wildman–Crippen LogP) is 1.93. The molecule has 1 amide bonds. The van der Waals surface area contributed by atoms with Gasteiger partial charge in [0.05, 0.1) is 16.3 Å². The Kier molecular flexibility index (Phi) is 7.13. The zero-order valence-corrected chi connectivity index (χ0v) is 19.2. The van der Waals surface area contributed by atoms with Crippen LogP contribution in [0, 0.1) is 13.8 Å². The highest BCUT2D eigenvalue weighted by Crippen LogP contribution is 2.20. The molecule has 0 radical (unpaired) electrons. The van der Waals surface area contributed by atoms with Crippen molar-refractivity contribution >= 4 is 33.4 Å². The maximum Gasteiger partial charge on any atom is 0.238 e. The summed E-state index contributed by atoms with van der Waals surface area (Å²) in [7, 11) is -3.77. The summed E-state index contributed by atoms with van der Waals surface area (Å²) in [5, 5.41) is 21.5. The van der Waals surface area contributed by atoms with E-state index < -0.39 is 10.0 Å². The lowest BCUT2D eigenvalue weighted by atomic mass is 10.3. The van der Waals surface area contributed by atoms with Crippen LogP contribution in [0.25, 0.3) is 0 Å². The van der Waals surface area contributed by atoms with Crippen LogP contribution in [0.2, 0.25) is 0 Å². The van der Waals surface area contributed by atoms with Gasteiger partial charge in [-0.25, -0.2) is 13.6 Å². The summed E-state index contributed by atoms with van der Waals surface area (Å²) in [6, 6.07) is 7.70. The van der Waals surface area contributed by atoms with Gasteiger partial charge in [-0.1, -0.05) is 18.7 Å². The maximum absolute atomic E-state index is 12.3. The van der Waals surface area contributed by atoms with E-state index in [1.165, 1.54) is 36.0 Å². The number of carbonyl (C=O) groups is 1. The van der Waals surface area contributed by atoms with Gasteiger partial charge >= 0.3 is 0 Å². The number of nitrogens with one attached hydrogen (secondary N) is 1. The van der Waals surface area contributed by atoms with Crippen LogP contribution in [-0.4, -0.2) is 44.6 Å². The summed E-state index contributed by atoms with van der Waals surface area (Å²) < 4.78 is 26.5. The molecule has 0 bridgehead atoms. The van der Waals surface area contributed by atoms with Crippen molar-refractivity contribution in [2.75, 3.05) is 11.1 Å². The Morgan fingerprint density at radius 1 is 1.19 bits per heavy atom. The Morgan fingerprint density at radius 3 is 2.48 bits per heavy atom. The summed E-state index contributed by atoms with van der Waals surface area (Å²) in [6.45, 7) is 7.26. The van der Waals surface area contributed by atoms with Gasteiger partial charge in [-0.2, -0.15) is 5.10 Å². The zero-order valence-electron chi connectivity index (χ0n) is 17.6. The first kappa shape index (κ1) is 23.0. The van der Waals surface area contributed by atoms with E-state index in [2.05, 4.69) is 27.5 Å². The second-order valence-electron chi connectivity index (χ2n) is 7.04. The molecule has 1 aromatic carbocycles. The van der Waals surface area contributed by atoms with Crippen LogP contribution in [0.4, 0.5) is 5.69 Å². The SMILES string of the molecule is CCCn1c(Cn2nc(C)cc2C)nnc1SCC(=O)Nc1ccc(S(N)(=O)=O)cc1. The van der Waals surface area contributed by atoms with Crippen LogP contribution in [0.1, 0.15) is 30.6 Å². The number of sulfonamides is 1. The van der Waals surface area contributed by atoms with Gasteiger partial charge in [0.15, 0.2) is 11.0 Å². The minimum Gasteiger partial charge on any atom is -0.325 e. The van der Waals surface area contributed by atoms with Crippen LogP contribution in [0.15, 0.2) is 40.4 Å². The Labute approximate surface area is 185 Å². The minimum absolute atomic E-state index is 0.0114. The van der Waals surface area contributed by atoms with E-state index >= 15 is 0 Å². The number of nitrogens with zero attached hydrogens (tertiary/aromatic N) is 5. The highest BCUT2D eigenvalue weighted by Gasteiger charge is 2.16. The number of nitrogens with two attached hydrogens (primary N) is 1. The normalized spacial score (nSPS) is 11.6. The average Bonchev–Trinajstić information content (AvgIpc) is 3.22. The van der Waals surface area contributed by atoms with E-state index in [0.29, 0.717) is 17.4 Å². The van der Waals surface area contributed by atoms with Crippen LogP contribution in [-0.2, 0) is 27.9 Å². The van der Waals surface area contributed by atoms with E-state index in [-0.39, 0.29) is 16.6 Å². The fraction of sp³-hybridized carbons (Fsp3) is 0.368. The molecule has 3 rings (SSSR count). The molecule has 0 aliphatic carbocycles. The lowest BCUT2D eigenvalue weighted by Crippen LogP contribution is -2.16. The van der Waals surface area contributed by atoms with E-state index in [9.17, 15) is 13.2 Å². The summed E-state index contributed by atoms with van der Waals surface area (Å²) in [5.41, 5.74) is 2.48. The predicted molar refractivity (Wildman–Crippen MR) is 118 cm³/mol. The molecule has 0 aliphatic rings. The van der Waals surface area contributed by atoms with E-state index in [0.717, 1.165) is 30.2 Å². The largest absolute Gasteiger partial charge is 0.325 e. The number of thioether (sulfide) groups is 1. The van der Waals surface area contributed by atoms with Crippen molar-refractivity contribution in [3.8, 4) is 0 Å². The first-order valence-corrected chi connectivity index (χ1v) is 12.2. The zero-order chi connectivity index (χ0) is 22.6. The Balaban J connectivity index is 1.64. The first-order valence-electron chi connectivity index (χ1n) is 9.66. The number of rotatable bonds is 9. The fourth-order valence-electron chi connectivity index (χ4n) is 3.02. The molecule has 166 valence electrons. The third kappa shape index (κ3) is 5.93. The van der Waals surface area contributed by atoms with Crippen molar-refractivity contribution in [2.24, 2.45) is 5.14 Å². The monoisotopic (exact) mass is 463 g/mol. The molecule has 10 nitrogen and oxygen atoms in total. The highest BCUT2D eigenvalue weighted by atomic mass is 32.2. The van der Waals surface area contributed by atoms with E-state index in [1.807, 2.05) is 29.2 Å². The Bertz CT molecular complexity index is 1170. The first-order chi connectivity index (χ1) is 14.7. The maximum atomic E-state index is 12.3. The molecule has 31 heavy (non-hydrogen) atoms. The van der Waals surface area contributed by atoms with Gasteiger partial charge in [0, 0.05) is 17.9 Å². The molecular weight excluding hydrogens is 438 g/mol. The highest BCUT2D eigenvalue weighted by molar-refractivity contribution is 7.99. The smallest absolute Gasteiger partial charge is 0.238 e. The molecule has 0 spiro atoms. The third-order valence-corrected chi connectivity index (χ3v) is 6.33. The average molecular weight is 464 g/mol. The van der Waals surface area contributed by atoms with Crippen molar-refractivity contribution < 1.29 is 13.2 Å². The number of benzene rings is 1. The van der Waals surface area contributed by atoms with Crippen molar-refractivity contribution in [2.45, 2.75) is 50.3 Å². The number of amides is 1. The van der Waals surface area contributed by atoms with Gasteiger partial charge in [0.2, 0.25) is 15.9 Å². The van der Waals surface area contributed by atoms with Crippen LogP contribution in [0.5, 0.6) is 0 Å². The van der Waals surface area contributed by atoms with Crippen LogP contribution in [0.3, 0.4) is 0 Å². The molecular formula is C19H25N7O3S2. The molecule has 0 atom stereocenters. The van der Waals surface area contributed by atoms with Gasteiger partial charge in [-0.05, 0) is 50.6 Å². The summed E-state index contributed by atoms with van der Waals surface area (Å²) in [4.78, 5) is 12.3. The molecule has 0 saturated carbocycles. The van der Waals surface area contributed by atoms with Crippen molar-refractivity contribution in [1.29, 1.82) is 0 Å². The minimum atomic E-state index is -3.77. The Morgan fingerprint density at radius 2 is 1.90 bits per heavy atom. The van der Waals surface area contributed by atoms with E-state index in [4.69, 9.17) is 5.14 Å². The Hall–Kier alpha value is -2.70. The van der Waals surface area contributed by atoms with Crippen LogP contribution < -0.4 is 10.5 Å². The topological polar surface area (TPSA) is 138 Å². The molecule has 0 aliphatic heterocycles. The summed E-state index contributed by atoms with van der Waals surface area (Å²) in [5.74, 6) is 0.688. The molecule has 0 fully saturated rings. The third-order valence-electron chi connectivity index (χ3n) is 4.43. The number of carbonyl (C=O) groups excluding carboxylic acids is 1. The summed E-state index contributed by atoms with van der Waals surface area (Å²) in [6.07, 6.45) is 0.901. The van der Waals surface area contributed by atoms with Gasteiger partial charge in [-0.3, -0.25) is 9.48 Å². The van der Waals surface area contributed by atoms with Gasteiger partial charge < -0.3 is 9.88 Å². The molecule has 3 aromatic rings. The van der Waals surface area contributed by atoms with Crippen molar-refractivity contribution in [3.63, 3.8) is 0 Å². The fourth-order valence-corrected chi connectivity index (χ4v) is 4.31. The molecule has 0 unspecified atom stereocenters.